The first-order valence-electron chi connectivity index (χ1n) is 9.88. The summed E-state index contributed by atoms with van der Waals surface area (Å²) in [7, 11) is 0. The maximum absolute atomic E-state index is 13.0. The third-order valence-electron chi connectivity index (χ3n) is 4.25. The van der Waals surface area contributed by atoms with Crippen LogP contribution >= 0.6 is 0 Å². The lowest BCUT2D eigenvalue weighted by Crippen LogP contribution is -2.16. The Morgan fingerprint density at radius 3 is 1.32 bits per heavy atom. The van der Waals surface area contributed by atoms with Crippen LogP contribution in [-0.2, 0) is 19.1 Å². The summed E-state index contributed by atoms with van der Waals surface area (Å²) in [4.78, 5) is 26.0. The summed E-state index contributed by atoms with van der Waals surface area (Å²) in [5.74, 6) is -1.02. The number of ether oxygens (including phenoxy) is 2. The van der Waals surface area contributed by atoms with Gasteiger partial charge < -0.3 is 9.47 Å². The van der Waals surface area contributed by atoms with Gasteiger partial charge >= 0.3 is 11.9 Å². The van der Waals surface area contributed by atoms with Gasteiger partial charge in [0.15, 0.2) is 0 Å². The fourth-order valence-electron chi connectivity index (χ4n) is 2.70. The highest BCUT2D eigenvalue weighted by Gasteiger charge is 2.26. The van der Waals surface area contributed by atoms with Crippen molar-refractivity contribution >= 4 is 23.1 Å². The molecule has 0 saturated heterocycles. The van der Waals surface area contributed by atoms with E-state index in [0.717, 1.165) is 25.7 Å². The first-order chi connectivity index (χ1) is 13.7. The van der Waals surface area contributed by atoms with E-state index in [0.29, 0.717) is 24.3 Å². The largest absolute Gasteiger partial charge is 0.462 e. The van der Waals surface area contributed by atoms with Gasteiger partial charge in [-0.25, -0.2) is 9.59 Å². The molecule has 2 aromatic rings. The number of carbonyl (C=O) groups is 2. The molecule has 0 amide bonds. The van der Waals surface area contributed by atoms with Gasteiger partial charge in [0.25, 0.3) is 0 Å². The lowest BCUT2D eigenvalue weighted by Gasteiger charge is -2.15. The molecule has 0 aliphatic carbocycles. The number of hydrogen-bond acceptors (Lipinski definition) is 4. The van der Waals surface area contributed by atoms with Gasteiger partial charge in [0, 0.05) is 0 Å². The molecule has 148 valence electrons. The van der Waals surface area contributed by atoms with Crippen LogP contribution in [0.1, 0.15) is 50.7 Å². The molecular formula is C24H28O4. The van der Waals surface area contributed by atoms with Crippen LogP contribution in [0, 0.1) is 0 Å². The summed E-state index contributed by atoms with van der Waals surface area (Å²) in [6, 6.07) is 18.3. The average molecular weight is 380 g/mol. The third-order valence-corrected chi connectivity index (χ3v) is 4.25. The van der Waals surface area contributed by atoms with E-state index in [2.05, 4.69) is 0 Å². The molecule has 0 fully saturated rings. The van der Waals surface area contributed by atoms with Crippen LogP contribution in [0.2, 0.25) is 0 Å². The molecule has 0 atom stereocenters. The fraction of sp³-hybridized carbons (Fsp3) is 0.333. The van der Waals surface area contributed by atoms with Crippen LogP contribution in [0.15, 0.2) is 60.7 Å². The minimum absolute atomic E-state index is 0.240. The number of rotatable bonds is 10. The van der Waals surface area contributed by atoms with Crippen LogP contribution in [0.3, 0.4) is 0 Å². The van der Waals surface area contributed by atoms with Crippen molar-refractivity contribution in [2.45, 2.75) is 39.5 Å². The highest BCUT2D eigenvalue weighted by molar-refractivity contribution is 6.37. The van der Waals surface area contributed by atoms with Gasteiger partial charge in [0.1, 0.15) is 0 Å². The minimum Gasteiger partial charge on any atom is -0.462 e. The number of benzene rings is 2. The van der Waals surface area contributed by atoms with E-state index >= 15 is 0 Å². The molecule has 2 aromatic carbocycles. The molecule has 0 heterocycles. The molecule has 0 aromatic heterocycles. The van der Waals surface area contributed by atoms with E-state index in [1.165, 1.54) is 0 Å². The molecule has 4 nitrogen and oxygen atoms in total. The number of carbonyl (C=O) groups excluding carboxylic acids is 2. The van der Waals surface area contributed by atoms with Gasteiger partial charge in [0.2, 0.25) is 0 Å². The van der Waals surface area contributed by atoms with Gasteiger partial charge in [-0.15, -0.1) is 0 Å². The van der Waals surface area contributed by atoms with Crippen molar-refractivity contribution in [2.75, 3.05) is 13.2 Å². The maximum atomic E-state index is 13.0. The quantitative estimate of drug-likeness (QED) is 0.243. The van der Waals surface area contributed by atoms with Gasteiger partial charge in [-0.2, -0.15) is 0 Å². The van der Waals surface area contributed by atoms with Gasteiger partial charge in [0.05, 0.1) is 24.4 Å². The Kier molecular flexibility index (Phi) is 8.99. The Morgan fingerprint density at radius 2 is 1.00 bits per heavy atom. The predicted octanol–water partition coefficient (Wildman–Crippen LogP) is 5.28. The molecule has 28 heavy (non-hydrogen) atoms. The number of esters is 2. The third kappa shape index (κ3) is 6.08. The summed E-state index contributed by atoms with van der Waals surface area (Å²) in [5.41, 5.74) is 1.75. The highest BCUT2D eigenvalue weighted by atomic mass is 16.5. The lowest BCUT2D eigenvalue weighted by atomic mass is 9.94. The van der Waals surface area contributed by atoms with E-state index in [4.69, 9.17) is 9.47 Å². The zero-order valence-corrected chi connectivity index (χ0v) is 16.6. The number of hydrogen-bond donors (Lipinski definition) is 0. The van der Waals surface area contributed by atoms with Crippen molar-refractivity contribution in [1.82, 2.24) is 0 Å². The molecule has 0 aliphatic heterocycles. The molecule has 0 spiro atoms. The average Bonchev–Trinajstić information content (AvgIpc) is 2.73. The van der Waals surface area contributed by atoms with Crippen molar-refractivity contribution in [3.8, 4) is 0 Å². The summed E-state index contributed by atoms with van der Waals surface area (Å²) < 4.78 is 10.9. The Balaban J connectivity index is 2.55. The minimum atomic E-state index is -0.508. The molecule has 0 bridgehead atoms. The van der Waals surface area contributed by atoms with Gasteiger partial charge in [-0.3, -0.25) is 0 Å². The second-order valence-corrected chi connectivity index (χ2v) is 6.46. The zero-order valence-electron chi connectivity index (χ0n) is 16.6. The highest BCUT2D eigenvalue weighted by Crippen LogP contribution is 2.29. The Bertz CT molecular complexity index is 711. The molecule has 0 N–H and O–H groups in total. The van der Waals surface area contributed by atoms with Crippen molar-refractivity contribution < 1.29 is 19.1 Å². The van der Waals surface area contributed by atoms with Crippen molar-refractivity contribution in [3.05, 3.63) is 71.8 Å². The first-order valence-corrected chi connectivity index (χ1v) is 9.88. The normalized spacial score (nSPS) is 11.5. The topological polar surface area (TPSA) is 52.6 Å². The van der Waals surface area contributed by atoms with Crippen LogP contribution in [0.4, 0.5) is 0 Å². The Labute approximate surface area is 167 Å². The molecule has 0 aliphatic rings. The second-order valence-electron chi connectivity index (χ2n) is 6.46. The fourth-order valence-corrected chi connectivity index (χ4v) is 2.70. The zero-order chi connectivity index (χ0) is 20.2. The molecule has 2 rings (SSSR count). The second kappa shape index (κ2) is 11.8. The van der Waals surface area contributed by atoms with Gasteiger partial charge in [-0.1, -0.05) is 87.4 Å². The Morgan fingerprint density at radius 1 is 0.643 bits per heavy atom. The maximum Gasteiger partial charge on any atom is 0.339 e. The van der Waals surface area contributed by atoms with Crippen LogP contribution in [0.5, 0.6) is 0 Å². The van der Waals surface area contributed by atoms with Crippen LogP contribution in [-0.4, -0.2) is 25.2 Å². The molecular weight excluding hydrogens is 352 g/mol. The van der Waals surface area contributed by atoms with Crippen molar-refractivity contribution in [2.24, 2.45) is 0 Å². The molecule has 0 unspecified atom stereocenters. The van der Waals surface area contributed by atoms with E-state index in [-0.39, 0.29) is 11.1 Å². The molecule has 4 heteroatoms. The predicted molar refractivity (Wildman–Crippen MR) is 111 cm³/mol. The van der Waals surface area contributed by atoms with Crippen molar-refractivity contribution in [3.63, 3.8) is 0 Å². The van der Waals surface area contributed by atoms with E-state index in [9.17, 15) is 9.59 Å². The van der Waals surface area contributed by atoms with E-state index in [1.807, 2.05) is 50.2 Å². The van der Waals surface area contributed by atoms with Crippen LogP contribution < -0.4 is 0 Å². The standard InChI is InChI=1S/C24H28O4/c1-3-5-17-27-23(25)21(19-13-9-7-10-14-19)22(20-15-11-8-12-16-20)24(26)28-18-6-4-2/h7-16H,3-6,17-18H2,1-2H3. The van der Waals surface area contributed by atoms with E-state index in [1.54, 1.807) is 24.3 Å². The van der Waals surface area contributed by atoms with E-state index < -0.39 is 11.9 Å². The summed E-state index contributed by atoms with van der Waals surface area (Å²) >= 11 is 0. The number of unbranched alkanes of at least 4 members (excludes halogenated alkanes) is 2. The van der Waals surface area contributed by atoms with Crippen molar-refractivity contribution in [1.29, 1.82) is 0 Å². The summed E-state index contributed by atoms with van der Waals surface area (Å²) in [6.07, 6.45) is 3.38. The summed E-state index contributed by atoms with van der Waals surface area (Å²) in [6.45, 7) is 4.70. The molecule has 0 radical (unpaired) electrons. The summed E-state index contributed by atoms with van der Waals surface area (Å²) in [5, 5.41) is 0. The van der Waals surface area contributed by atoms with Crippen LogP contribution in [0.25, 0.3) is 11.1 Å². The molecule has 0 saturated carbocycles. The first kappa shape index (κ1) is 21.4. The Hall–Kier alpha value is -2.88. The smallest absolute Gasteiger partial charge is 0.339 e. The monoisotopic (exact) mass is 380 g/mol. The SMILES string of the molecule is CCCCOC(=O)C(=C(C(=O)OCCCC)c1ccccc1)c1ccccc1. The van der Waals surface area contributed by atoms with Gasteiger partial charge in [-0.05, 0) is 24.0 Å². The lowest BCUT2D eigenvalue weighted by molar-refractivity contribution is -0.139.